The minimum atomic E-state index is -0.396. The Labute approximate surface area is 165 Å². The number of carbonyl (C=O) groups excluding carboxylic acids is 1. The van der Waals surface area contributed by atoms with Crippen LogP contribution in [0.15, 0.2) is 84.9 Å². The molecule has 3 heteroatoms. The second-order valence-electron chi connectivity index (χ2n) is 7.03. The summed E-state index contributed by atoms with van der Waals surface area (Å²) in [6.45, 7) is 2.26. The molecule has 0 aliphatic heterocycles. The highest BCUT2D eigenvalue weighted by Crippen LogP contribution is 2.44. The Morgan fingerprint density at radius 3 is 2.14 bits per heavy atom. The van der Waals surface area contributed by atoms with Crippen LogP contribution in [0, 0.1) is 0 Å². The van der Waals surface area contributed by atoms with Crippen LogP contribution in [-0.4, -0.2) is 18.7 Å². The number of carbonyl (C=O) groups is 1. The van der Waals surface area contributed by atoms with Gasteiger partial charge in [-0.05, 0) is 34.7 Å². The zero-order chi connectivity index (χ0) is 19.3. The fraction of sp³-hybridized carbons (Fsp3) is 0.160. The molecule has 0 fully saturated rings. The maximum atomic E-state index is 12.3. The number of fused-ring (bicyclic) bond motifs is 3. The average molecular weight is 369 g/mol. The standard InChI is InChI=1S/C25H23NO2/c1-18(15-16-19-9-3-2-4-10-19)26-25(27)28-17-24-22-13-7-5-11-20(22)21-12-6-8-14-23(21)24/h2-16,18,24H,17H2,1H3,(H,26,27)/b16-15+/t18-/m0/s1. The number of amides is 1. The third kappa shape index (κ3) is 3.84. The van der Waals surface area contributed by atoms with Crippen molar-refractivity contribution in [2.45, 2.75) is 18.9 Å². The van der Waals surface area contributed by atoms with E-state index in [4.69, 9.17) is 4.74 Å². The van der Waals surface area contributed by atoms with Crippen molar-refractivity contribution < 1.29 is 9.53 Å². The van der Waals surface area contributed by atoms with E-state index in [1.54, 1.807) is 0 Å². The number of rotatable bonds is 5. The fourth-order valence-corrected chi connectivity index (χ4v) is 3.69. The lowest BCUT2D eigenvalue weighted by Crippen LogP contribution is -2.32. The average Bonchev–Trinajstić information content (AvgIpc) is 3.05. The number of hydrogen-bond donors (Lipinski definition) is 1. The highest BCUT2D eigenvalue weighted by molar-refractivity contribution is 5.79. The van der Waals surface area contributed by atoms with Gasteiger partial charge < -0.3 is 10.1 Å². The molecular weight excluding hydrogens is 346 g/mol. The van der Waals surface area contributed by atoms with E-state index in [9.17, 15) is 4.79 Å². The Hall–Kier alpha value is -3.33. The molecule has 0 aromatic heterocycles. The van der Waals surface area contributed by atoms with Crippen LogP contribution in [0.5, 0.6) is 0 Å². The topological polar surface area (TPSA) is 38.3 Å². The van der Waals surface area contributed by atoms with Gasteiger partial charge in [0.25, 0.3) is 0 Å². The zero-order valence-corrected chi connectivity index (χ0v) is 15.8. The quantitative estimate of drug-likeness (QED) is 0.633. The molecule has 0 saturated heterocycles. The van der Waals surface area contributed by atoms with Gasteiger partial charge in [-0.2, -0.15) is 0 Å². The molecule has 1 aliphatic rings. The number of alkyl carbamates (subject to hydrolysis) is 1. The first kappa shape index (κ1) is 18.1. The Morgan fingerprint density at radius 2 is 1.50 bits per heavy atom. The van der Waals surface area contributed by atoms with Gasteiger partial charge in [0, 0.05) is 12.0 Å². The summed E-state index contributed by atoms with van der Waals surface area (Å²) in [4.78, 5) is 12.3. The van der Waals surface area contributed by atoms with Crippen LogP contribution in [0.1, 0.15) is 29.5 Å². The second kappa shape index (κ2) is 8.13. The van der Waals surface area contributed by atoms with Crippen molar-refractivity contribution in [1.82, 2.24) is 5.32 Å². The van der Waals surface area contributed by atoms with Crippen LogP contribution < -0.4 is 5.32 Å². The van der Waals surface area contributed by atoms with Gasteiger partial charge in [-0.1, -0.05) is 91.0 Å². The lowest BCUT2D eigenvalue weighted by atomic mass is 9.98. The Kier molecular flexibility index (Phi) is 5.24. The third-order valence-corrected chi connectivity index (χ3v) is 5.07. The highest BCUT2D eigenvalue weighted by atomic mass is 16.5. The smallest absolute Gasteiger partial charge is 0.407 e. The first-order chi connectivity index (χ1) is 13.7. The molecule has 3 aromatic rings. The van der Waals surface area contributed by atoms with E-state index in [0.29, 0.717) is 6.61 Å². The third-order valence-electron chi connectivity index (χ3n) is 5.07. The number of nitrogens with one attached hydrogen (secondary N) is 1. The Bertz CT molecular complexity index is 949. The molecule has 0 unspecified atom stereocenters. The Morgan fingerprint density at radius 1 is 0.929 bits per heavy atom. The molecule has 0 saturated carbocycles. The summed E-state index contributed by atoms with van der Waals surface area (Å²) >= 11 is 0. The van der Waals surface area contributed by atoms with Crippen LogP contribution in [0.25, 0.3) is 17.2 Å². The molecule has 4 rings (SSSR count). The normalized spacial score (nSPS) is 13.8. The van der Waals surface area contributed by atoms with E-state index in [-0.39, 0.29) is 12.0 Å². The predicted molar refractivity (Wildman–Crippen MR) is 113 cm³/mol. The molecule has 3 nitrogen and oxygen atoms in total. The molecule has 1 atom stereocenters. The molecule has 0 heterocycles. The summed E-state index contributed by atoms with van der Waals surface area (Å²) in [6, 6.07) is 26.6. The van der Waals surface area contributed by atoms with Gasteiger partial charge in [0.1, 0.15) is 6.61 Å². The van der Waals surface area contributed by atoms with Crippen LogP contribution >= 0.6 is 0 Å². The van der Waals surface area contributed by atoms with Crippen molar-refractivity contribution in [3.8, 4) is 11.1 Å². The second-order valence-corrected chi connectivity index (χ2v) is 7.03. The Balaban J connectivity index is 1.38. The molecule has 0 radical (unpaired) electrons. The van der Waals surface area contributed by atoms with Crippen molar-refractivity contribution in [1.29, 1.82) is 0 Å². The summed E-state index contributed by atoms with van der Waals surface area (Å²) in [7, 11) is 0. The maximum Gasteiger partial charge on any atom is 0.407 e. The van der Waals surface area contributed by atoms with E-state index >= 15 is 0 Å². The first-order valence-corrected chi connectivity index (χ1v) is 9.57. The zero-order valence-electron chi connectivity index (χ0n) is 15.8. The van der Waals surface area contributed by atoms with Crippen molar-refractivity contribution >= 4 is 12.2 Å². The molecule has 0 bridgehead atoms. The molecule has 140 valence electrons. The van der Waals surface area contributed by atoms with Crippen molar-refractivity contribution in [3.05, 3.63) is 102 Å². The molecule has 1 amide bonds. The van der Waals surface area contributed by atoms with Crippen LogP contribution in [0.3, 0.4) is 0 Å². The number of ether oxygens (including phenoxy) is 1. The van der Waals surface area contributed by atoms with E-state index in [1.807, 2.05) is 73.7 Å². The largest absolute Gasteiger partial charge is 0.449 e. The summed E-state index contributed by atoms with van der Waals surface area (Å²) in [5.41, 5.74) is 5.99. The van der Waals surface area contributed by atoms with Gasteiger partial charge in [-0.15, -0.1) is 0 Å². The summed E-state index contributed by atoms with van der Waals surface area (Å²) < 4.78 is 5.58. The van der Waals surface area contributed by atoms with Crippen LogP contribution in [0.4, 0.5) is 4.79 Å². The number of benzene rings is 3. The van der Waals surface area contributed by atoms with Gasteiger partial charge in [0.05, 0.1) is 0 Å². The fourth-order valence-electron chi connectivity index (χ4n) is 3.69. The number of hydrogen-bond acceptors (Lipinski definition) is 2. The molecular formula is C25H23NO2. The monoisotopic (exact) mass is 369 g/mol. The maximum absolute atomic E-state index is 12.3. The molecule has 0 spiro atoms. The molecule has 1 aliphatic carbocycles. The van der Waals surface area contributed by atoms with Crippen molar-refractivity contribution in [2.24, 2.45) is 0 Å². The van der Waals surface area contributed by atoms with Crippen LogP contribution in [-0.2, 0) is 4.74 Å². The van der Waals surface area contributed by atoms with E-state index in [1.165, 1.54) is 22.3 Å². The van der Waals surface area contributed by atoms with Crippen LogP contribution in [0.2, 0.25) is 0 Å². The van der Waals surface area contributed by atoms with Gasteiger partial charge >= 0.3 is 6.09 Å². The molecule has 3 aromatic carbocycles. The summed E-state index contributed by atoms with van der Waals surface area (Å²) in [6.07, 6.45) is 3.55. The van der Waals surface area contributed by atoms with Gasteiger partial charge in [-0.3, -0.25) is 0 Å². The van der Waals surface area contributed by atoms with Gasteiger partial charge in [0.2, 0.25) is 0 Å². The van der Waals surface area contributed by atoms with Gasteiger partial charge in [-0.25, -0.2) is 4.79 Å². The van der Waals surface area contributed by atoms with Crippen molar-refractivity contribution in [3.63, 3.8) is 0 Å². The lowest BCUT2D eigenvalue weighted by Gasteiger charge is -2.16. The highest BCUT2D eigenvalue weighted by Gasteiger charge is 2.28. The lowest BCUT2D eigenvalue weighted by molar-refractivity contribution is 0.141. The summed E-state index contributed by atoms with van der Waals surface area (Å²) in [5.74, 6) is 0.0771. The minimum absolute atomic E-state index is 0.0771. The van der Waals surface area contributed by atoms with E-state index in [2.05, 4.69) is 29.6 Å². The summed E-state index contributed by atoms with van der Waals surface area (Å²) in [5, 5.41) is 2.87. The van der Waals surface area contributed by atoms with Crippen molar-refractivity contribution in [2.75, 3.05) is 6.61 Å². The minimum Gasteiger partial charge on any atom is -0.449 e. The van der Waals surface area contributed by atoms with E-state index < -0.39 is 6.09 Å². The van der Waals surface area contributed by atoms with Gasteiger partial charge in [0.15, 0.2) is 0 Å². The first-order valence-electron chi connectivity index (χ1n) is 9.57. The van der Waals surface area contributed by atoms with E-state index in [0.717, 1.165) is 5.56 Å². The SMILES string of the molecule is C[C@@H](/C=C/c1ccccc1)NC(=O)OCC1c2ccccc2-c2ccccc21. The molecule has 28 heavy (non-hydrogen) atoms. The molecule has 1 N–H and O–H groups in total. The predicted octanol–water partition coefficient (Wildman–Crippen LogP) is 5.63.